The van der Waals surface area contributed by atoms with E-state index in [1.807, 2.05) is 19.2 Å². The molecule has 0 saturated carbocycles. The fourth-order valence-corrected chi connectivity index (χ4v) is 1.59. The second-order valence-electron chi connectivity index (χ2n) is 3.84. The molecule has 2 N–H and O–H groups in total. The van der Waals surface area contributed by atoms with E-state index in [0.717, 1.165) is 13.0 Å². The zero-order valence-electron chi connectivity index (χ0n) is 10.5. The minimum atomic E-state index is -0.00171. The molecule has 100 valence electrons. The summed E-state index contributed by atoms with van der Waals surface area (Å²) in [4.78, 5) is 11.4. The first-order valence-electron chi connectivity index (χ1n) is 6.02. The molecule has 0 aliphatic heterocycles. The number of rotatable bonds is 8. The Kier molecular flexibility index (Phi) is 7.22. The number of halogens is 1. The van der Waals surface area contributed by atoms with Gasteiger partial charge in [0.05, 0.1) is 18.1 Å². The standard InChI is InChI=1S/C13H19ClN2O2/c1-15-8-4-9-16-13(17)7-10-18-12-6-3-2-5-11(12)14/h2-3,5-6,15H,4,7-10H2,1H3,(H,16,17). The minimum Gasteiger partial charge on any atom is -0.491 e. The van der Waals surface area contributed by atoms with Gasteiger partial charge in [-0.15, -0.1) is 0 Å². The van der Waals surface area contributed by atoms with Crippen LogP contribution < -0.4 is 15.4 Å². The number of carbonyl (C=O) groups excluding carboxylic acids is 1. The maximum Gasteiger partial charge on any atom is 0.223 e. The van der Waals surface area contributed by atoms with Crippen molar-refractivity contribution in [3.63, 3.8) is 0 Å². The number of hydrogen-bond donors (Lipinski definition) is 2. The predicted octanol–water partition coefficient (Wildman–Crippen LogP) is 1.83. The van der Waals surface area contributed by atoms with E-state index in [-0.39, 0.29) is 5.91 Å². The van der Waals surface area contributed by atoms with Crippen LogP contribution in [0.3, 0.4) is 0 Å². The number of carbonyl (C=O) groups is 1. The summed E-state index contributed by atoms with van der Waals surface area (Å²) in [6.45, 7) is 1.92. The Hall–Kier alpha value is -1.26. The van der Waals surface area contributed by atoms with Crippen molar-refractivity contribution < 1.29 is 9.53 Å². The lowest BCUT2D eigenvalue weighted by Gasteiger charge is -2.08. The molecule has 4 nitrogen and oxygen atoms in total. The van der Waals surface area contributed by atoms with Crippen molar-refractivity contribution in [1.29, 1.82) is 0 Å². The van der Waals surface area contributed by atoms with Crippen molar-refractivity contribution in [3.05, 3.63) is 29.3 Å². The van der Waals surface area contributed by atoms with Crippen LogP contribution in [0.15, 0.2) is 24.3 Å². The third-order valence-corrected chi connectivity index (χ3v) is 2.66. The Bertz CT molecular complexity index is 372. The van der Waals surface area contributed by atoms with Gasteiger partial charge >= 0.3 is 0 Å². The molecule has 0 atom stereocenters. The van der Waals surface area contributed by atoms with Gasteiger partial charge in [-0.1, -0.05) is 23.7 Å². The molecule has 0 radical (unpaired) electrons. The summed E-state index contributed by atoms with van der Waals surface area (Å²) < 4.78 is 5.43. The third-order valence-electron chi connectivity index (χ3n) is 2.35. The number of benzene rings is 1. The molecule has 0 saturated heterocycles. The van der Waals surface area contributed by atoms with Crippen LogP contribution in [0.4, 0.5) is 0 Å². The number of nitrogens with one attached hydrogen (secondary N) is 2. The number of para-hydroxylation sites is 1. The Morgan fingerprint density at radius 2 is 2.11 bits per heavy atom. The number of ether oxygens (including phenoxy) is 1. The second-order valence-corrected chi connectivity index (χ2v) is 4.24. The van der Waals surface area contributed by atoms with E-state index in [4.69, 9.17) is 16.3 Å². The van der Waals surface area contributed by atoms with Crippen molar-refractivity contribution >= 4 is 17.5 Å². The number of amides is 1. The van der Waals surface area contributed by atoms with E-state index >= 15 is 0 Å². The lowest BCUT2D eigenvalue weighted by molar-refractivity contribution is -0.121. The molecule has 0 unspecified atom stereocenters. The van der Waals surface area contributed by atoms with Crippen LogP contribution in [0.25, 0.3) is 0 Å². The first-order chi connectivity index (χ1) is 8.74. The molecule has 0 heterocycles. The monoisotopic (exact) mass is 270 g/mol. The molecule has 0 aliphatic rings. The maximum absolute atomic E-state index is 11.4. The minimum absolute atomic E-state index is 0.00171. The molecule has 1 rings (SSSR count). The van der Waals surface area contributed by atoms with Crippen LogP contribution in [0.1, 0.15) is 12.8 Å². The molecule has 1 amide bonds. The van der Waals surface area contributed by atoms with Crippen LogP contribution in [0, 0.1) is 0 Å². The quantitative estimate of drug-likeness (QED) is 0.709. The fourth-order valence-electron chi connectivity index (χ4n) is 1.40. The van der Waals surface area contributed by atoms with Crippen LogP contribution in [0.2, 0.25) is 5.02 Å². The van der Waals surface area contributed by atoms with E-state index in [1.165, 1.54) is 0 Å². The van der Waals surface area contributed by atoms with Gasteiger partial charge in [0.15, 0.2) is 0 Å². The van der Waals surface area contributed by atoms with E-state index in [2.05, 4.69) is 10.6 Å². The average molecular weight is 271 g/mol. The molecule has 0 aromatic heterocycles. The van der Waals surface area contributed by atoms with Gasteiger partial charge in [-0.2, -0.15) is 0 Å². The molecule has 18 heavy (non-hydrogen) atoms. The van der Waals surface area contributed by atoms with Gasteiger partial charge in [0.2, 0.25) is 5.91 Å². The zero-order valence-corrected chi connectivity index (χ0v) is 11.3. The van der Waals surface area contributed by atoms with Gasteiger partial charge in [-0.3, -0.25) is 4.79 Å². The average Bonchev–Trinajstić information content (AvgIpc) is 2.37. The molecule has 0 fully saturated rings. The Balaban J connectivity index is 2.14. The Morgan fingerprint density at radius 3 is 2.83 bits per heavy atom. The summed E-state index contributed by atoms with van der Waals surface area (Å²) in [5, 5.41) is 6.41. The highest BCUT2D eigenvalue weighted by Gasteiger charge is 2.03. The molecule has 5 heteroatoms. The highest BCUT2D eigenvalue weighted by Crippen LogP contribution is 2.22. The van der Waals surface area contributed by atoms with Crippen LogP contribution >= 0.6 is 11.6 Å². The van der Waals surface area contributed by atoms with Gasteiger partial charge in [-0.25, -0.2) is 0 Å². The van der Waals surface area contributed by atoms with Crippen molar-refractivity contribution in [2.24, 2.45) is 0 Å². The lowest BCUT2D eigenvalue weighted by Crippen LogP contribution is -2.27. The van der Waals surface area contributed by atoms with Crippen LogP contribution in [-0.2, 0) is 4.79 Å². The summed E-state index contributed by atoms with van der Waals surface area (Å²) in [5.41, 5.74) is 0. The molecular formula is C13H19ClN2O2. The second kappa shape index (κ2) is 8.78. The summed E-state index contributed by atoms with van der Waals surface area (Å²) in [6, 6.07) is 7.23. The van der Waals surface area contributed by atoms with Gasteiger partial charge in [-0.05, 0) is 32.1 Å². The van der Waals surface area contributed by atoms with E-state index in [9.17, 15) is 4.79 Å². The predicted molar refractivity (Wildman–Crippen MR) is 73.1 cm³/mol. The largest absolute Gasteiger partial charge is 0.491 e. The van der Waals surface area contributed by atoms with Crippen molar-refractivity contribution in [1.82, 2.24) is 10.6 Å². The summed E-state index contributed by atoms with van der Waals surface area (Å²) in [6.07, 6.45) is 1.26. The Morgan fingerprint density at radius 1 is 1.33 bits per heavy atom. The van der Waals surface area contributed by atoms with Crippen molar-refractivity contribution in [2.75, 3.05) is 26.7 Å². The van der Waals surface area contributed by atoms with Gasteiger partial charge < -0.3 is 15.4 Å². The maximum atomic E-state index is 11.4. The van der Waals surface area contributed by atoms with Gasteiger partial charge in [0, 0.05) is 6.54 Å². The first-order valence-corrected chi connectivity index (χ1v) is 6.40. The summed E-state index contributed by atoms with van der Waals surface area (Å²) in [5.74, 6) is 0.611. The normalized spacial score (nSPS) is 10.1. The highest BCUT2D eigenvalue weighted by molar-refractivity contribution is 6.32. The lowest BCUT2D eigenvalue weighted by atomic mass is 10.3. The summed E-state index contributed by atoms with van der Waals surface area (Å²) in [7, 11) is 1.89. The molecule has 0 aliphatic carbocycles. The zero-order chi connectivity index (χ0) is 13.2. The third kappa shape index (κ3) is 5.89. The molecule has 1 aromatic carbocycles. The first kappa shape index (κ1) is 14.8. The van der Waals surface area contributed by atoms with Crippen molar-refractivity contribution in [2.45, 2.75) is 12.8 Å². The van der Waals surface area contributed by atoms with E-state index in [1.54, 1.807) is 12.1 Å². The molecule has 0 spiro atoms. The molecule has 0 bridgehead atoms. The van der Waals surface area contributed by atoms with E-state index < -0.39 is 0 Å². The van der Waals surface area contributed by atoms with Gasteiger partial charge in [0.25, 0.3) is 0 Å². The number of hydrogen-bond acceptors (Lipinski definition) is 3. The van der Waals surface area contributed by atoms with Gasteiger partial charge in [0.1, 0.15) is 5.75 Å². The SMILES string of the molecule is CNCCCNC(=O)CCOc1ccccc1Cl. The van der Waals surface area contributed by atoms with Crippen LogP contribution in [-0.4, -0.2) is 32.7 Å². The molecular weight excluding hydrogens is 252 g/mol. The molecule has 1 aromatic rings. The smallest absolute Gasteiger partial charge is 0.223 e. The fraction of sp³-hybridized carbons (Fsp3) is 0.462. The highest BCUT2D eigenvalue weighted by atomic mass is 35.5. The van der Waals surface area contributed by atoms with E-state index in [0.29, 0.717) is 30.3 Å². The summed E-state index contributed by atoms with van der Waals surface area (Å²) >= 11 is 5.93. The van der Waals surface area contributed by atoms with Crippen molar-refractivity contribution in [3.8, 4) is 5.75 Å². The van der Waals surface area contributed by atoms with Crippen LogP contribution in [0.5, 0.6) is 5.75 Å². The Labute approximate surface area is 113 Å². The topological polar surface area (TPSA) is 50.4 Å².